The van der Waals surface area contributed by atoms with Crippen LogP contribution in [0.1, 0.15) is 45.1 Å². The fourth-order valence-corrected chi connectivity index (χ4v) is 4.17. The van der Waals surface area contributed by atoms with Crippen molar-refractivity contribution in [1.82, 2.24) is 5.32 Å². The van der Waals surface area contributed by atoms with Gasteiger partial charge >= 0.3 is 0 Å². The molecule has 2 fully saturated rings. The fraction of sp³-hybridized carbons (Fsp3) is 0.625. The highest BCUT2D eigenvalue weighted by atomic mass is 35.5. The summed E-state index contributed by atoms with van der Waals surface area (Å²) in [6.45, 7) is 5.34. The maximum atomic E-state index is 14.2. The van der Waals surface area contributed by atoms with Gasteiger partial charge in [0.25, 0.3) is 0 Å². The van der Waals surface area contributed by atoms with Crippen molar-refractivity contribution in [2.75, 3.05) is 6.54 Å². The summed E-state index contributed by atoms with van der Waals surface area (Å²) < 4.78 is 14.2. The van der Waals surface area contributed by atoms with Gasteiger partial charge in [0.1, 0.15) is 5.82 Å². The highest BCUT2D eigenvalue weighted by molar-refractivity contribution is 6.31. The first-order valence-electron chi connectivity index (χ1n) is 7.10. The molecule has 2 aliphatic carbocycles. The predicted molar refractivity (Wildman–Crippen MR) is 77.1 cm³/mol. The van der Waals surface area contributed by atoms with E-state index in [2.05, 4.69) is 19.2 Å². The zero-order valence-electron chi connectivity index (χ0n) is 11.6. The summed E-state index contributed by atoms with van der Waals surface area (Å²) in [6.07, 6.45) is 4.51. The van der Waals surface area contributed by atoms with E-state index in [-0.39, 0.29) is 16.6 Å². The third-order valence-electron chi connectivity index (χ3n) is 4.43. The minimum Gasteiger partial charge on any atom is -0.313 e. The third kappa shape index (κ3) is 2.53. The molecule has 1 N–H and O–H groups in total. The predicted octanol–water partition coefficient (Wildman–Crippen LogP) is 4.29. The summed E-state index contributed by atoms with van der Waals surface area (Å²) >= 11 is 6.28. The van der Waals surface area contributed by atoms with Gasteiger partial charge in [-0.2, -0.15) is 0 Å². The van der Waals surface area contributed by atoms with Crippen LogP contribution in [0.5, 0.6) is 0 Å². The lowest BCUT2D eigenvalue weighted by Crippen LogP contribution is -2.53. The molecule has 0 aromatic heterocycles. The Kier molecular flexibility index (Phi) is 3.14. The normalized spacial score (nSPS) is 24.0. The van der Waals surface area contributed by atoms with Crippen molar-refractivity contribution in [2.45, 2.75) is 51.0 Å². The van der Waals surface area contributed by atoms with E-state index in [1.54, 1.807) is 6.07 Å². The highest BCUT2D eigenvalue weighted by Gasteiger charge is 2.52. The molecule has 1 aromatic carbocycles. The highest BCUT2D eigenvalue weighted by Crippen LogP contribution is 2.57. The van der Waals surface area contributed by atoms with Gasteiger partial charge < -0.3 is 5.32 Å². The maximum Gasteiger partial charge on any atom is 0.128 e. The Bertz CT molecular complexity index is 465. The van der Waals surface area contributed by atoms with Crippen LogP contribution >= 0.6 is 11.6 Å². The summed E-state index contributed by atoms with van der Waals surface area (Å²) in [7, 11) is 0. The molecule has 1 aromatic rings. The van der Waals surface area contributed by atoms with Gasteiger partial charge in [0.2, 0.25) is 0 Å². The minimum absolute atomic E-state index is 0.117. The van der Waals surface area contributed by atoms with E-state index in [1.807, 2.05) is 6.07 Å². The smallest absolute Gasteiger partial charge is 0.128 e. The van der Waals surface area contributed by atoms with Gasteiger partial charge in [0, 0.05) is 28.6 Å². The molecule has 0 saturated heterocycles. The van der Waals surface area contributed by atoms with Gasteiger partial charge in [0.15, 0.2) is 0 Å². The van der Waals surface area contributed by atoms with E-state index in [0.717, 1.165) is 24.9 Å². The van der Waals surface area contributed by atoms with E-state index in [4.69, 9.17) is 11.6 Å². The van der Waals surface area contributed by atoms with Crippen LogP contribution in [-0.2, 0) is 5.41 Å². The van der Waals surface area contributed by atoms with E-state index >= 15 is 0 Å². The van der Waals surface area contributed by atoms with Gasteiger partial charge in [-0.05, 0) is 43.2 Å². The molecule has 104 valence electrons. The van der Waals surface area contributed by atoms with Gasteiger partial charge in [-0.1, -0.05) is 31.5 Å². The van der Waals surface area contributed by atoms with Crippen LogP contribution in [0.3, 0.4) is 0 Å². The Labute approximate surface area is 119 Å². The van der Waals surface area contributed by atoms with Gasteiger partial charge in [0.05, 0.1) is 0 Å². The van der Waals surface area contributed by atoms with Gasteiger partial charge in [-0.25, -0.2) is 4.39 Å². The molecule has 0 spiro atoms. The molecule has 0 bridgehead atoms. The van der Waals surface area contributed by atoms with Crippen LogP contribution in [-0.4, -0.2) is 12.6 Å². The molecular formula is C16H21ClFN. The molecule has 0 radical (unpaired) electrons. The molecule has 0 unspecified atom stereocenters. The molecule has 0 amide bonds. The first-order valence-corrected chi connectivity index (χ1v) is 7.48. The van der Waals surface area contributed by atoms with Crippen molar-refractivity contribution in [3.8, 4) is 0 Å². The van der Waals surface area contributed by atoms with E-state index in [9.17, 15) is 4.39 Å². The zero-order valence-corrected chi connectivity index (χ0v) is 12.4. The minimum atomic E-state index is -0.152. The lowest BCUT2D eigenvalue weighted by molar-refractivity contribution is 0.0533. The number of hydrogen-bond acceptors (Lipinski definition) is 1. The largest absolute Gasteiger partial charge is 0.313 e. The SMILES string of the molecule is CC1(C)CC(CNC2CC2)(c2c(F)cccc2Cl)C1. The number of halogens is 2. The van der Waals surface area contributed by atoms with E-state index in [1.165, 1.54) is 18.9 Å². The fourth-order valence-electron chi connectivity index (χ4n) is 3.80. The topological polar surface area (TPSA) is 12.0 Å². The Morgan fingerprint density at radius 2 is 2.00 bits per heavy atom. The molecule has 2 saturated carbocycles. The molecule has 0 heterocycles. The van der Waals surface area contributed by atoms with Crippen molar-refractivity contribution >= 4 is 11.6 Å². The summed E-state index contributed by atoms with van der Waals surface area (Å²) in [5.41, 5.74) is 0.898. The van der Waals surface area contributed by atoms with Crippen LogP contribution in [0.2, 0.25) is 5.02 Å². The first-order chi connectivity index (χ1) is 8.92. The molecule has 0 atom stereocenters. The maximum absolute atomic E-state index is 14.2. The van der Waals surface area contributed by atoms with Gasteiger partial charge in [-0.3, -0.25) is 0 Å². The van der Waals surface area contributed by atoms with Crippen molar-refractivity contribution in [3.05, 3.63) is 34.6 Å². The second kappa shape index (κ2) is 4.46. The average molecular weight is 282 g/mol. The molecule has 19 heavy (non-hydrogen) atoms. The van der Waals surface area contributed by atoms with Crippen molar-refractivity contribution < 1.29 is 4.39 Å². The lowest BCUT2D eigenvalue weighted by Gasteiger charge is -2.54. The number of hydrogen-bond donors (Lipinski definition) is 1. The number of benzene rings is 1. The molecule has 0 aliphatic heterocycles. The second-order valence-corrected chi connectivity index (χ2v) is 7.46. The average Bonchev–Trinajstić information content (AvgIpc) is 3.07. The third-order valence-corrected chi connectivity index (χ3v) is 4.75. The summed E-state index contributed by atoms with van der Waals surface area (Å²) in [6, 6.07) is 5.67. The van der Waals surface area contributed by atoms with Crippen molar-refractivity contribution in [1.29, 1.82) is 0 Å². The molecule has 2 aliphatic rings. The molecular weight excluding hydrogens is 261 g/mol. The standard InChI is InChI=1S/C16H21ClFN/c1-15(2)8-16(9-15,10-19-11-6-7-11)14-12(17)4-3-5-13(14)18/h3-5,11,19H,6-10H2,1-2H3. The van der Waals surface area contributed by atoms with Crippen LogP contribution in [0.4, 0.5) is 4.39 Å². The second-order valence-electron chi connectivity index (χ2n) is 7.05. The first kappa shape index (κ1) is 13.4. The number of nitrogens with one attached hydrogen (secondary N) is 1. The van der Waals surface area contributed by atoms with Gasteiger partial charge in [-0.15, -0.1) is 0 Å². The Hall–Kier alpha value is -0.600. The quantitative estimate of drug-likeness (QED) is 0.868. The Morgan fingerprint density at radius 3 is 2.53 bits per heavy atom. The summed E-state index contributed by atoms with van der Waals surface area (Å²) in [4.78, 5) is 0. The molecule has 1 nitrogen and oxygen atoms in total. The molecule has 3 heteroatoms. The molecule has 3 rings (SSSR count). The van der Waals surface area contributed by atoms with Crippen LogP contribution in [0, 0.1) is 11.2 Å². The Balaban J connectivity index is 1.90. The summed E-state index contributed by atoms with van der Waals surface area (Å²) in [5, 5.41) is 4.14. The lowest BCUT2D eigenvalue weighted by atomic mass is 9.51. The Morgan fingerprint density at radius 1 is 1.32 bits per heavy atom. The van der Waals surface area contributed by atoms with Crippen LogP contribution < -0.4 is 5.32 Å². The zero-order chi connectivity index (χ0) is 13.7. The number of rotatable bonds is 4. The van der Waals surface area contributed by atoms with E-state index < -0.39 is 0 Å². The monoisotopic (exact) mass is 281 g/mol. The van der Waals surface area contributed by atoms with Crippen molar-refractivity contribution in [2.24, 2.45) is 5.41 Å². The van der Waals surface area contributed by atoms with Crippen LogP contribution in [0.15, 0.2) is 18.2 Å². The van der Waals surface area contributed by atoms with E-state index in [0.29, 0.717) is 11.1 Å². The summed E-state index contributed by atoms with van der Waals surface area (Å²) in [5.74, 6) is -0.152. The van der Waals surface area contributed by atoms with Crippen LogP contribution in [0.25, 0.3) is 0 Å². The van der Waals surface area contributed by atoms with Crippen molar-refractivity contribution in [3.63, 3.8) is 0 Å².